The Balaban J connectivity index is 6.45. The first kappa shape index (κ1) is 68.3. The minimum Gasteiger partial charge on any atom is -0.480 e. The number of carbonyl (C=O) groups is 10. The number of hydrogen-bond acceptors (Lipinski definition) is 21. The summed E-state index contributed by atoms with van der Waals surface area (Å²) in [6, 6.07) is -13.0. The van der Waals surface area contributed by atoms with Crippen LogP contribution in [-0.4, -0.2) is 180 Å². The molecule has 0 aliphatic carbocycles. The highest BCUT2D eigenvalue weighted by Crippen LogP contribution is 2.09. The van der Waals surface area contributed by atoms with Gasteiger partial charge in [-0.3, -0.25) is 53.8 Å². The molecule has 9 amide bonds. The monoisotopic (exact) mass is 1060 g/mol. The van der Waals surface area contributed by atoms with E-state index in [0.717, 1.165) is 6.92 Å². The Hall–Kier alpha value is -5.74. The Morgan fingerprint density at radius 1 is 0.419 bits per heavy atom. The molecular formula is C43H86N18O13. The van der Waals surface area contributed by atoms with E-state index in [1.165, 1.54) is 20.8 Å². The molecule has 31 nitrogen and oxygen atoms in total. The van der Waals surface area contributed by atoms with Crippen molar-refractivity contribution < 1.29 is 63.3 Å². The number of unbranched alkanes of at least 4 members (excludes halogenated alkanes) is 2. The zero-order valence-corrected chi connectivity index (χ0v) is 42.9. The number of nitrogens with two attached hydrogens (primary N) is 8. The summed E-state index contributed by atoms with van der Waals surface area (Å²) in [6.07, 6.45) is -3.98. The fourth-order valence-corrected chi connectivity index (χ4v) is 6.85. The van der Waals surface area contributed by atoms with Crippen LogP contribution in [0, 0.1) is 0 Å². The van der Waals surface area contributed by atoms with Crippen LogP contribution in [0.5, 0.6) is 0 Å². The number of aliphatic hydroxyl groups excluding tert-OH is 2. The SMILES string of the molecule is C[C@H](N)C(=O)N[C@@H](CCCNC(N)N)C(=O)N[C@H](C(=O)N[C@@H](CCCCN)C(=O)N[C@@H](CCC(N)=O)C(=O)N[C@H](C(=O)N[C@@H](C)C(=O)N[C@@H](CCCNC(N)N)C(=O)N[C@@H](CCCCN)C(=O)O)[C@@H](C)O)[C@@H](C)O. The molecule has 0 aliphatic rings. The van der Waals surface area contributed by atoms with E-state index in [1.807, 2.05) is 0 Å². The van der Waals surface area contributed by atoms with Crippen molar-refractivity contribution >= 4 is 59.1 Å². The molecule has 0 aromatic carbocycles. The lowest BCUT2D eigenvalue weighted by molar-refractivity contribution is -0.142. The van der Waals surface area contributed by atoms with Gasteiger partial charge in [0.1, 0.15) is 60.9 Å². The Bertz CT molecular complexity index is 1790. The van der Waals surface area contributed by atoms with E-state index in [9.17, 15) is 63.3 Å². The highest BCUT2D eigenvalue weighted by Gasteiger charge is 2.36. The lowest BCUT2D eigenvalue weighted by Crippen LogP contribution is -2.62. The molecule has 426 valence electrons. The Kier molecular flexibility index (Phi) is 34.2. The molecule has 0 aromatic heterocycles. The van der Waals surface area contributed by atoms with Gasteiger partial charge in [0, 0.05) is 6.42 Å². The summed E-state index contributed by atoms with van der Waals surface area (Å²) >= 11 is 0. The molecule has 0 unspecified atom stereocenters. The maximum absolute atomic E-state index is 14.0. The predicted octanol–water partition coefficient (Wildman–Crippen LogP) is -9.26. The molecule has 74 heavy (non-hydrogen) atoms. The largest absolute Gasteiger partial charge is 0.480 e. The molecule has 0 saturated carbocycles. The second-order valence-electron chi connectivity index (χ2n) is 17.9. The number of amides is 9. The van der Waals surface area contributed by atoms with Crippen LogP contribution in [0.4, 0.5) is 0 Å². The van der Waals surface area contributed by atoms with Gasteiger partial charge in [-0.1, -0.05) is 0 Å². The highest BCUT2D eigenvalue weighted by molar-refractivity contribution is 5.98. The molecule has 0 bridgehead atoms. The molecule has 0 spiro atoms. The number of carboxylic acid groups (broad SMARTS) is 1. The summed E-state index contributed by atoms with van der Waals surface area (Å²) in [5.41, 5.74) is 44.3. The van der Waals surface area contributed by atoms with Crippen LogP contribution in [0.15, 0.2) is 0 Å². The summed E-state index contributed by atoms with van der Waals surface area (Å²) in [5, 5.41) is 55.8. The molecule has 0 heterocycles. The second kappa shape index (κ2) is 37.1. The lowest BCUT2D eigenvalue weighted by Gasteiger charge is -2.29. The van der Waals surface area contributed by atoms with Gasteiger partial charge in [-0.2, -0.15) is 0 Å². The van der Waals surface area contributed by atoms with Gasteiger partial charge in [0.15, 0.2) is 0 Å². The topological polar surface area (TPSA) is 560 Å². The van der Waals surface area contributed by atoms with Crippen LogP contribution in [0.2, 0.25) is 0 Å². The molecule has 0 radical (unpaired) electrons. The summed E-state index contributed by atoms with van der Waals surface area (Å²) in [4.78, 5) is 132. The number of primary amides is 1. The average Bonchev–Trinajstić information content (AvgIpc) is 3.31. The third kappa shape index (κ3) is 28.6. The van der Waals surface area contributed by atoms with Crippen molar-refractivity contribution in [3.8, 4) is 0 Å². The molecule has 0 saturated heterocycles. The standard InChI is InChI=1S/C43H86N18O13/c1-21(46)33(65)55-27(14-10-20-53-43(50)51)37(69)61-32(24(4)63)40(72)58-25(11-5-7-17-44)35(67)57-28(15-16-30(47)64)38(70)60-31(23(3)62)39(71)54-22(2)34(66)56-26(13-9-19-52-42(48)49)36(68)59-29(41(73)74)12-6-8-18-45/h21-29,31-32,42-43,52-53,62-63H,5-20,44-46,48-51H2,1-4H3,(H2,47,64)(H,54,71)(H,55,65)(H,56,66)(H,57,67)(H,58,72)(H,59,68)(H,60,70)(H,61,69)(H,73,74)/t21-,22-,23+,24+,25-,26-,27-,28-,29-,31-,32-/m0/s1. The van der Waals surface area contributed by atoms with E-state index in [1.54, 1.807) is 0 Å². The van der Waals surface area contributed by atoms with Crippen molar-refractivity contribution in [3.63, 3.8) is 0 Å². The molecule has 0 rings (SSSR count). The van der Waals surface area contributed by atoms with Crippen LogP contribution < -0.4 is 99.0 Å². The zero-order valence-electron chi connectivity index (χ0n) is 42.9. The maximum atomic E-state index is 14.0. The number of aliphatic carboxylic acids is 1. The van der Waals surface area contributed by atoms with Crippen LogP contribution in [0.25, 0.3) is 0 Å². The Labute approximate surface area is 430 Å². The van der Waals surface area contributed by atoms with Crippen LogP contribution in [0.3, 0.4) is 0 Å². The minimum absolute atomic E-state index is 0.0171. The lowest BCUT2D eigenvalue weighted by atomic mass is 10.0. The van der Waals surface area contributed by atoms with E-state index in [-0.39, 0.29) is 64.6 Å². The van der Waals surface area contributed by atoms with E-state index in [2.05, 4.69) is 53.2 Å². The molecular weight excluding hydrogens is 977 g/mol. The molecule has 29 N–H and O–H groups in total. The molecule has 0 fully saturated rings. The third-order valence-electron chi connectivity index (χ3n) is 11.1. The Morgan fingerprint density at radius 2 is 0.757 bits per heavy atom. The van der Waals surface area contributed by atoms with Crippen LogP contribution in [0.1, 0.15) is 105 Å². The van der Waals surface area contributed by atoms with Crippen molar-refractivity contribution in [3.05, 3.63) is 0 Å². The fraction of sp³-hybridized carbons (Fsp3) is 0.767. The summed E-state index contributed by atoms with van der Waals surface area (Å²) < 4.78 is 0. The van der Waals surface area contributed by atoms with Gasteiger partial charge in [0.05, 0.1) is 18.2 Å². The Morgan fingerprint density at radius 3 is 1.14 bits per heavy atom. The van der Waals surface area contributed by atoms with E-state index in [0.29, 0.717) is 25.8 Å². The average molecular weight is 1060 g/mol. The van der Waals surface area contributed by atoms with Gasteiger partial charge in [0.25, 0.3) is 0 Å². The van der Waals surface area contributed by atoms with Crippen molar-refractivity contribution in [1.29, 1.82) is 0 Å². The number of carboxylic acids is 1. The first-order valence-corrected chi connectivity index (χ1v) is 24.6. The number of nitrogens with one attached hydrogen (secondary N) is 10. The molecule has 31 heteroatoms. The van der Waals surface area contributed by atoms with Crippen molar-refractivity contribution in [2.75, 3.05) is 26.2 Å². The first-order valence-electron chi connectivity index (χ1n) is 24.6. The van der Waals surface area contributed by atoms with Gasteiger partial charge in [-0.15, -0.1) is 0 Å². The van der Waals surface area contributed by atoms with Gasteiger partial charge in [0.2, 0.25) is 53.2 Å². The molecule has 0 aromatic rings. The number of rotatable bonds is 40. The third-order valence-corrected chi connectivity index (χ3v) is 11.1. The number of hydrogen-bond donors (Lipinski definition) is 21. The zero-order chi connectivity index (χ0) is 56.7. The number of carbonyl (C=O) groups excluding carboxylic acids is 9. The smallest absolute Gasteiger partial charge is 0.326 e. The van der Waals surface area contributed by atoms with E-state index in [4.69, 9.17) is 45.9 Å². The van der Waals surface area contributed by atoms with Gasteiger partial charge >= 0.3 is 5.97 Å². The predicted molar refractivity (Wildman–Crippen MR) is 269 cm³/mol. The summed E-state index contributed by atoms with van der Waals surface area (Å²) in [7, 11) is 0. The first-order chi connectivity index (χ1) is 34.7. The van der Waals surface area contributed by atoms with Crippen molar-refractivity contribution in [2.24, 2.45) is 45.9 Å². The maximum Gasteiger partial charge on any atom is 0.326 e. The minimum atomic E-state index is -1.81. The van der Waals surface area contributed by atoms with E-state index < -0.39 is 151 Å². The summed E-state index contributed by atoms with van der Waals surface area (Å²) in [5.74, 6) is -9.84. The van der Waals surface area contributed by atoms with Crippen LogP contribution >= 0.6 is 0 Å². The molecule has 11 atom stereocenters. The summed E-state index contributed by atoms with van der Waals surface area (Å²) in [6.45, 7) is 5.86. The van der Waals surface area contributed by atoms with Crippen LogP contribution in [-0.2, 0) is 47.9 Å². The van der Waals surface area contributed by atoms with Gasteiger partial charge in [-0.25, -0.2) is 4.79 Å². The van der Waals surface area contributed by atoms with Crippen molar-refractivity contribution in [1.82, 2.24) is 53.2 Å². The van der Waals surface area contributed by atoms with E-state index >= 15 is 0 Å². The normalized spacial score (nSPS) is 15.8. The quantitative estimate of drug-likeness (QED) is 0.0200. The fourth-order valence-electron chi connectivity index (χ4n) is 6.85. The molecule has 0 aliphatic heterocycles. The van der Waals surface area contributed by atoms with Crippen molar-refractivity contribution in [2.45, 2.75) is 184 Å². The van der Waals surface area contributed by atoms with Gasteiger partial charge in [-0.05, 0) is 125 Å². The highest BCUT2D eigenvalue weighted by atomic mass is 16.4. The van der Waals surface area contributed by atoms with Gasteiger partial charge < -0.3 is 104 Å². The second-order valence-corrected chi connectivity index (χ2v) is 17.9. The number of aliphatic hydroxyl groups is 2.